The molecule has 0 saturated carbocycles. The van der Waals surface area contributed by atoms with E-state index in [1.165, 1.54) is 12.1 Å². The maximum Gasteiger partial charge on any atom is 0.198 e. The third-order valence-corrected chi connectivity index (χ3v) is 7.91. The number of ketones is 3. The zero-order chi connectivity index (χ0) is 25.9. The summed E-state index contributed by atoms with van der Waals surface area (Å²) in [4.78, 5) is 39.2. The molecule has 36 heavy (non-hydrogen) atoms. The van der Waals surface area contributed by atoms with E-state index < -0.39 is 65.9 Å². The smallest absolute Gasteiger partial charge is 0.198 e. The Balaban J connectivity index is 1.63. The van der Waals surface area contributed by atoms with Crippen molar-refractivity contribution in [2.24, 2.45) is 11.7 Å². The van der Waals surface area contributed by atoms with Gasteiger partial charge >= 0.3 is 0 Å². The van der Waals surface area contributed by atoms with Crippen LogP contribution in [-0.2, 0) is 16.0 Å². The van der Waals surface area contributed by atoms with Gasteiger partial charge in [0.2, 0.25) is 0 Å². The van der Waals surface area contributed by atoms with Crippen LogP contribution in [-0.4, -0.2) is 68.7 Å². The van der Waals surface area contributed by atoms with Crippen molar-refractivity contribution >= 4 is 17.3 Å². The number of carbonyl (C=O) groups is 3. The Morgan fingerprint density at radius 3 is 2.25 bits per heavy atom. The van der Waals surface area contributed by atoms with Crippen LogP contribution in [0.15, 0.2) is 24.3 Å². The van der Waals surface area contributed by atoms with E-state index >= 15 is 0 Å². The van der Waals surface area contributed by atoms with Gasteiger partial charge in [0.15, 0.2) is 17.3 Å². The molecule has 6 N–H and O–H groups in total. The molecule has 9 nitrogen and oxygen atoms in total. The Bertz CT molecular complexity index is 1260. The highest BCUT2D eigenvalue weighted by Crippen LogP contribution is 2.51. The van der Waals surface area contributed by atoms with Gasteiger partial charge in [-0.1, -0.05) is 24.3 Å². The van der Waals surface area contributed by atoms with Gasteiger partial charge < -0.3 is 30.9 Å². The van der Waals surface area contributed by atoms with Crippen molar-refractivity contribution in [2.75, 3.05) is 6.61 Å². The monoisotopic (exact) mass is 495 g/mol. The molecule has 2 aromatic rings. The summed E-state index contributed by atoms with van der Waals surface area (Å²) < 4.78 is 5.95. The summed E-state index contributed by atoms with van der Waals surface area (Å²) in [6, 6.07) is 5.72. The number of nitrogens with two attached hydrogens (primary N) is 1. The first-order valence-electron chi connectivity index (χ1n) is 12.2. The molecule has 9 heteroatoms. The largest absolute Gasteiger partial charge is 0.507 e. The lowest BCUT2D eigenvalue weighted by molar-refractivity contribution is -0.128. The number of aliphatic hydroxyl groups is 2. The number of aromatic hydroxyl groups is 2. The highest BCUT2D eigenvalue weighted by Gasteiger charge is 2.44. The molecular formula is C27H29NO8. The molecule has 0 amide bonds. The van der Waals surface area contributed by atoms with Crippen LogP contribution >= 0.6 is 0 Å². The molecular weight excluding hydrogens is 466 g/mol. The van der Waals surface area contributed by atoms with E-state index in [4.69, 9.17) is 10.5 Å². The molecule has 0 aromatic heterocycles. The molecule has 1 aliphatic heterocycles. The zero-order valence-electron chi connectivity index (χ0n) is 19.8. The van der Waals surface area contributed by atoms with Gasteiger partial charge in [0.1, 0.15) is 18.1 Å². The summed E-state index contributed by atoms with van der Waals surface area (Å²) in [6.45, 7) is 1.04. The van der Waals surface area contributed by atoms with Crippen molar-refractivity contribution in [1.29, 1.82) is 0 Å². The molecule has 0 radical (unpaired) electrons. The van der Waals surface area contributed by atoms with Crippen LogP contribution in [0.1, 0.15) is 75.1 Å². The fourth-order valence-corrected chi connectivity index (χ4v) is 6.11. The fourth-order valence-electron chi connectivity index (χ4n) is 6.11. The Morgan fingerprint density at radius 1 is 1.06 bits per heavy atom. The number of hydrogen-bond acceptors (Lipinski definition) is 9. The summed E-state index contributed by atoms with van der Waals surface area (Å²) >= 11 is 0. The standard InChI is InChI=1S/C27H29NO8/c1-11-23(31)18(28)9-14(36-11)7-13-6-12(19(30)10-29)8-17-20(13)27(35)22-21(26(17)34)24(32)15-4-2-3-5-16(15)25(22)33/h2-5,11-14,18,23,29,31,34-35H,6-10,28H2,1H3/t11-,12?,13?,14+,18+,23+/m1/s1. The third kappa shape index (κ3) is 3.74. The van der Waals surface area contributed by atoms with Crippen LogP contribution in [0.25, 0.3) is 0 Å². The van der Waals surface area contributed by atoms with Gasteiger partial charge in [-0.3, -0.25) is 14.4 Å². The Morgan fingerprint density at radius 2 is 1.67 bits per heavy atom. The number of benzene rings is 2. The van der Waals surface area contributed by atoms with E-state index in [9.17, 15) is 34.8 Å². The lowest BCUT2D eigenvalue weighted by atomic mass is 9.69. The number of Topliss-reactive ketones (excluding diaryl/α,β-unsaturated/α-hetero) is 1. The molecule has 0 bridgehead atoms. The predicted octanol–water partition coefficient (Wildman–Crippen LogP) is 1.34. The van der Waals surface area contributed by atoms with Gasteiger partial charge in [0.05, 0.1) is 29.4 Å². The molecule has 1 saturated heterocycles. The van der Waals surface area contributed by atoms with Crippen molar-refractivity contribution in [1.82, 2.24) is 0 Å². The molecule has 2 aliphatic carbocycles. The van der Waals surface area contributed by atoms with Crippen LogP contribution < -0.4 is 5.73 Å². The number of fused-ring (bicyclic) bond motifs is 3. The number of hydrogen-bond donors (Lipinski definition) is 5. The molecule has 1 fully saturated rings. The summed E-state index contributed by atoms with van der Waals surface area (Å²) in [5, 5.41) is 42.4. The van der Waals surface area contributed by atoms with Crippen LogP contribution in [0.4, 0.5) is 0 Å². The number of ether oxygens (including phenoxy) is 1. The second-order valence-corrected chi connectivity index (χ2v) is 10.1. The van der Waals surface area contributed by atoms with E-state index in [0.29, 0.717) is 18.4 Å². The van der Waals surface area contributed by atoms with E-state index in [0.717, 1.165) is 0 Å². The Labute approximate surface area is 207 Å². The zero-order valence-corrected chi connectivity index (χ0v) is 19.8. The van der Waals surface area contributed by atoms with Crippen LogP contribution in [0.3, 0.4) is 0 Å². The maximum atomic E-state index is 13.4. The number of phenolic OH excluding ortho intramolecular Hbond substituents is 2. The minimum Gasteiger partial charge on any atom is -0.507 e. The number of rotatable bonds is 4. The number of carbonyl (C=O) groups excluding carboxylic acids is 3. The first kappa shape index (κ1) is 24.6. The highest BCUT2D eigenvalue weighted by atomic mass is 16.5. The fraction of sp³-hybridized carbons (Fsp3) is 0.444. The van der Waals surface area contributed by atoms with Crippen molar-refractivity contribution in [3.05, 3.63) is 57.6 Å². The summed E-state index contributed by atoms with van der Waals surface area (Å²) in [5.41, 5.74) is 6.41. The van der Waals surface area contributed by atoms with Crippen molar-refractivity contribution in [3.63, 3.8) is 0 Å². The highest BCUT2D eigenvalue weighted by molar-refractivity contribution is 6.30. The average Bonchev–Trinajstić information content (AvgIpc) is 2.87. The Hall–Kier alpha value is -3.11. The predicted molar refractivity (Wildman–Crippen MR) is 127 cm³/mol. The molecule has 1 heterocycles. The minimum atomic E-state index is -0.822. The maximum absolute atomic E-state index is 13.4. The molecule has 190 valence electrons. The van der Waals surface area contributed by atoms with Gasteiger partial charge in [0.25, 0.3) is 0 Å². The average molecular weight is 496 g/mol. The molecule has 2 unspecified atom stereocenters. The molecule has 6 atom stereocenters. The number of aliphatic hydroxyl groups excluding tert-OH is 2. The molecule has 3 aliphatic rings. The van der Waals surface area contributed by atoms with Gasteiger partial charge in [-0.25, -0.2) is 0 Å². The SMILES string of the molecule is C[C@H]1O[C@@H](CC2CC(C(=O)CO)Cc3c(O)c4c(c(O)c32)C(=O)c2ccccc2C4=O)C[C@H](N)[C@H]1O. The molecule has 5 rings (SSSR count). The van der Waals surface area contributed by atoms with Crippen molar-refractivity contribution in [3.8, 4) is 11.5 Å². The van der Waals surface area contributed by atoms with Crippen LogP contribution in [0, 0.1) is 5.92 Å². The van der Waals surface area contributed by atoms with E-state index in [1.54, 1.807) is 19.1 Å². The topological polar surface area (TPSA) is 167 Å². The lowest BCUT2D eigenvalue weighted by Crippen LogP contribution is -2.51. The van der Waals surface area contributed by atoms with E-state index in [1.807, 2.05) is 0 Å². The van der Waals surface area contributed by atoms with Crippen LogP contribution in [0.2, 0.25) is 0 Å². The van der Waals surface area contributed by atoms with Crippen molar-refractivity contribution < 1.29 is 39.5 Å². The van der Waals surface area contributed by atoms with E-state index in [2.05, 4.69) is 0 Å². The van der Waals surface area contributed by atoms with Gasteiger partial charge in [0, 0.05) is 34.2 Å². The summed E-state index contributed by atoms with van der Waals surface area (Å²) in [6.07, 6.45) is -0.829. The normalized spacial score (nSPS) is 29.3. The van der Waals surface area contributed by atoms with Crippen molar-refractivity contribution in [2.45, 2.75) is 62.9 Å². The lowest BCUT2D eigenvalue weighted by Gasteiger charge is -2.40. The van der Waals surface area contributed by atoms with E-state index in [-0.39, 0.29) is 46.4 Å². The van der Waals surface area contributed by atoms with Gasteiger partial charge in [-0.05, 0) is 38.5 Å². The number of phenols is 2. The third-order valence-electron chi connectivity index (χ3n) is 7.91. The van der Waals surface area contributed by atoms with Gasteiger partial charge in [-0.2, -0.15) is 0 Å². The second kappa shape index (κ2) is 9.08. The van der Waals surface area contributed by atoms with Crippen LogP contribution in [0.5, 0.6) is 11.5 Å². The molecule has 0 spiro atoms. The minimum absolute atomic E-state index is 0.0151. The first-order valence-corrected chi connectivity index (χ1v) is 12.2. The quantitative estimate of drug-likeness (QED) is 0.335. The first-order chi connectivity index (χ1) is 17.1. The Kier molecular flexibility index (Phi) is 6.20. The molecule has 2 aromatic carbocycles. The summed E-state index contributed by atoms with van der Waals surface area (Å²) in [5.74, 6) is -3.53. The second-order valence-electron chi connectivity index (χ2n) is 10.1. The van der Waals surface area contributed by atoms with Gasteiger partial charge in [-0.15, -0.1) is 0 Å². The summed E-state index contributed by atoms with van der Waals surface area (Å²) in [7, 11) is 0.